The van der Waals surface area contributed by atoms with Gasteiger partial charge in [0, 0.05) is 20.6 Å². The lowest BCUT2D eigenvalue weighted by molar-refractivity contribution is 0.322. The zero-order valence-electron chi connectivity index (χ0n) is 12.6. The number of hydrogen-bond acceptors (Lipinski definition) is 2. The molecule has 0 aromatic heterocycles. The van der Waals surface area contributed by atoms with Gasteiger partial charge in [0.1, 0.15) is 0 Å². The second-order valence-corrected chi connectivity index (χ2v) is 9.00. The van der Waals surface area contributed by atoms with Gasteiger partial charge >= 0.3 is 0 Å². The van der Waals surface area contributed by atoms with Gasteiger partial charge < -0.3 is 0 Å². The van der Waals surface area contributed by atoms with Gasteiger partial charge in [-0.05, 0) is 48.6 Å². The smallest absolute Gasteiger partial charge is 0.195 e. The molecule has 4 rings (SSSR count). The summed E-state index contributed by atoms with van der Waals surface area (Å²) in [5.74, 6) is 0.974. The predicted octanol–water partition coefficient (Wildman–Crippen LogP) is 1.67. The Hall–Kier alpha value is -0.910. The highest BCUT2D eigenvalue weighted by Gasteiger charge is 2.69. The maximum absolute atomic E-state index is 12.5. The van der Waals surface area contributed by atoms with Crippen molar-refractivity contribution in [1.82, 2.24) is 8.61 Å². The quantitative estimate of drug-likeness (QED) is 0.780. The van der Waals surface area contributed by atoms with E-state index in [9.17, 15) is 8.42 Å². The van der Waals surface area contributed by atoms with Gasteiger partial charge in [0.2, 0.25) is 0 Å². The molecule has 21 heavy (non-hydrogen) atoms. The standard InChI is InChI=1S/C16H22N2O2S/c1-17(2)21(19,20)18-11-16(18)14-7-8-15(16)10-13-6-4-3-5-12(13)9-14/h3-6,14-15H,7-11H2,1-2H3/t14-,15+,16+,18?. The van der Waals surface area contributed by atoms with Crippen LogP contribution in [0.5, 0.6) is 0 Å². The third kappa shape index (κ3) is 1.77. The van der Waals surface area contributed by atoms with Crippen LogP contribution in [-0.4, -0.2) is 43.2 Å². The summed E-state index contributed by atoms with van der Waals surface area (Å²) in [6.07, 6.45) is 4.40. The molecule has 2 fully saturated rings. The molecule has 4 nitrogen and oxygen atoms in total. The Bertz CT molecular complexity index is 650. The Labute approximate surface area is 126 Å². The van der Waals surface area contributed by atoms with Gasteiger partial charge in [-0.25, -0.2) is 0 Å². The maximum atomic E-state index is 12.5. The second-order valence-electron chi connectivity index (χ2n) is 6.94. The Balaban J connectivity index is 1.72. The molecule has 2 aliphatic carbocycles. The Morgan fingerprint density at radius 3 is 2.10 bits per heavy atom. The number of nitrogens with zero attached hydrogens (tertiary/aromatic N) is 2. The monoisotopic (exact) mass is 306 g/mol. The van der Waals surface area contributed by atoms with Gasteiger partial charge in [0.25, 0.3) is 10.2 Å². The van der Waals surface area contributed by atoms with Crippen LogP contribution in [-0.2, 0) is 23.1 Å². The Morgan fingerprint density at radius 2 is 1.62 bits per heavy atom. The van der Waals surface area contributed by atoms with Crippen molar-refractivity contribution in [2.45, 2.75) is 31.2 Å². The molecule has 4 atom stereocenters. The van der Waals surface area contributed by atoms with Crippen LogP contribution < -0.4 is 0 Å². The molecule has 0 radical (unpaired) electrons. The molecule has 1 aromatic rings. The number of rotatable bonds is 2. The number of benzene rings is 1. The zero-order valence-corrected chi connectivity index (χ0v) is 13.4. The fourth-order valence-corrected chi connectivity index (χ4v) is 6.13. The summed E-state index contributed by atoms with van der Waals surface area (Å²) in [5.41, 5.74) is 2.76. The fourth-order valence-electron chi connectivity index (χ4n) is 4.63. The minimum absolute atomic E-state index is 0.0951. The molecule has 1 aliphatic heterocycles. The first kappa shape index (κ1) is 13.7. The molecule has 1 heterocycles. The summed E-state index contributed by atoms with van der Waals surface area (Å²) < 4.78 is 28.2. The summed E-state index contributed by atoms with van der Waals surface area (Å²) >= 11 is 0. The molecule has 1 unspecified atom stereocenters. The molecule has 114 valence electrons. The van der Waals surface area contributed by atoms with E-state index in [1.807, 2.05) is 0 Å². The highest BCUT2D eigenvalue weighted by molar-refractivity contribution is 7.87. The van der Waals surface area contributed by atoms with E-state index in [1.54, 1.807) is 18.4 Å². The topological polar surface area (TPSA) is 40.4 Å². The number of hydrogen-bond donors (Lipinski definition) is 0. The van der Waals surface area contributed by atoms with Crippen LogP contribution in [0.2, 0.25) is 0 Å². The van der Waals surface area contributed by atoms with Gasteiger partial charge in [0.05, 0.1) is 5.54 Å². The molecule has 1 aromatic carbocycles. The summed E-state index contributed by atoms with van der Waals surface area (Å²) in [6.45, 7) is 0.719. The molecule has 1 saturated carbocycles. The SMILES string of the molecule is CN(C)S(=O)(=O)N1C[C@@]12[C@@H]1CC[C@H]2Cc2ccccc2C1. The normalized spacial score (nSPS) is 37.6. The van der Waals surface area contributed by atoms with Crippen molar-refractivity contribution >= 4 is 10.2 Å². The molecular formula is C16H22N2O2S. The average Bonchev–Trinajstić information content (AvgIpc) is 3.11. The van der Waals surface area contributed by atoms with E-state index < -0.39 is 10.2 Å². The summed E-state index contributed by atoms with van der Waals surface area (Å²) in [4.78, 5) is 0. The summed E-state index contributed by atoms with van der Waals surface area (Å²) in [5, 5.41) is 0. The largest absolute Gasteiger partial charge is 0.282 e. The molecule has 0 N–H and O–H groups in total. The highest BCUT2D eigenvalue weighted by Crippen LogP contribution is 2.59. The van der Waals surface area contributed by atoms with E-state index in [0.717, 1.165) is 19.4 Å². The van der Waals surface area contributed by atoms with Crippen LogP contribution in [0.25, 0.3) is 0 Å². The van der Waals surface area contributed by atoms with E-state index in [1.165, 1.54) is 28.3 Å². The van der Waals surface area contributed by atoms with Crippen molar-refractivity contribution in [3.05, 3.63) is 35.4 Å². The molecular weight excluding hydrogens is 284 g/mol. The molecule has 5 heteroatoms. The van der Waals surface area contributed by atoms with Crippen molar-refractivity contribution in [3.63, 3.8) is 0 Å². The second kappa shape index (κ2) is 4.31. The molecule has 2 bridgehead atoms. The van der Waals surface area contributed by atoms with E-state index in [0.29, 0.717) is 11.8 Å². The van der Waals surface area contributed by atoms with Crippen LogP contribution in [0.4, 0.5) is 0 Å². The van der Waals surface area contributed by atoms with Gasteiger partial charge in [-0.3, -0.25) is 0 Å². The van der Waals surface area contributed by atoms with Crippen molar-refractivity contribution in [3.8, 4) is 0 Å². The van der Waals surface area contributed by atoms with E-state index in [2.05, 4.69) is 24.3 Å². The van der Waals surface area contributed by atoms with Crippen molar-refractivity contribution in [1.29, 1.82) is 0 Å². The minimum Gasteiger partial charge on any atom is -0.195 e. The van der Waals surface area contributed by atoms with Crippen LogP contribution in [0, 0.1) is 11.8 Å². The summed E-state index contributed by atoms with van der Waals surface area (Å²) in [7, 11) is -0.00713. The lowest BCUT2D eigenvalue weighted by Crippen LogP contribution is -2.38. The Kier molecular flexibility index (Phi) is 2.82. The van der Waals surface area contributed by atoms with Crippen LogP contribution >= 0.6 is 0 Å². The van der Waals surface area contributed by atoms with Gasteiger partial charge in [-0.1, -0.05) is 24.3 Å². The minimum atomic E-state index is -3.27. The average molecular weight is 306 g/mol. The first-order chi connectivity index (χ1) is 9.96. The maximum Gasteiger partial charge on any atom is 0.282 e. The molecule has 0 amide bonds. The number of fused-ring (bicyclic) bond motifs is 1. The summed E-state index contributed by atoms with van der Waals surface area (Å²) in [6, 6.07) is 8.64. The molecule has 3 aliphatic rings. The predicted molar refractivity (Wildman–Crippen MR) is 82.1 cm³/mol. The zero-order chi connectivity index (χ0) is 14.8. The van der Waals surface area contributed by atoms with Gasteiger partial charge in [0.15, 0.2) is 0 Å². The van der Waals surface area contributed by atoms with E-state index >= 15 is 0 Å². The molecule has 1 spiro atoms. The van der Waals surface area contributed by atoms with Gasteiger partial charge in [-0.2, -0.15) is 17.0 Å². The van der Waals surface area contributed by atoms with Crippen molar-refractivity contribution < 1.29 is 8.42 Å². The fraction of sp³-hybridized carbons (Fsp3) is 0.625. The first-order valence-electron chi connectivity index (χ1n) is 7.73. The van der Waals surface area contributed by atoms with Crippen LogP contribution in [0.3, 0.4) is 0 Å². The third-order valence-electron chi connectivity index (χ3n) is 5.83. The van der Waals surface area contributed by atoms with Crippen molar-refractivity contribution in [2.75, 3.05) is 20.6 Å². The van der Waals surface area contributed by atoms with Crippen LogP contribution in [0.1, 0.15) is 24.0 Å². The van der Waals surface area contributed by atoms with Crippen molar-refractivity contribution in [2.24, 2.45) is 11.8 Å². The lowest BCUT2D eigenvalue weighted by Gasteiger charge is -2.24. The van der Waals surface area contributed by atoms with E-state index in [4.69, 9.17) is 0 Å². The van der Waals surface area contributed by atoms with E-state index in [-0.39, 0.29) is 5.54 Å². The lowest BCUT2D eigenvalue weighted by atomic mass is 9.87. The highest BCUT2D eigenvalue weighted by atomic mass is 32.2. The molecule has 1 saturated heterocycles. The Morgan fingerprint density at radius 1 is 1.10 bits per heavy atom. The van der Waals surface area contributed by atoms with Crippen LogP contribution in [0.15, 0.2) is 24.3 Å². The van der Waals surface area contributed by atoms with Gasteiger partial charge in [-0.15, -0.1) is 0 Å². The third-order valence-corrected chi connectivity index (χ3v) is 7.78. The first-order valence-corrected chi connectivity index (χ1v) is 9.13.